The summed E-state index contributed by atoms with van der Waals surface area (Å²) in [6.07, 6.45) is 0. The maximum Gasteiger partial charge on any atom is 0.338 e. The van der Waals surface area contributed by atoms with Gasteiger partial charge in [-0.05, 0) is 28.3 Å². The van der Waals surface area contributed by atoms with Gasteiger partial charge in [0.25, 0.3) is 0 Å². The number of carbonyl (C=O) groups excluding carboxylic acids is 1. The maximum absolute atomic E-state index is 14.1. The van der Waals surface area contributed by atoms with Crippen LogP contribution in [0.15, 0.2) is 48.5 Å². The van der Waals surface area contributed by atoms with Crippen molar-refractivity contribution in [2.75, 3.05) is 7.11 Å². The highest BCUT2D eigenvalue weighted by Gasteiger charge is 2.14. The standard InChI is InChI=1S/C16H11FO2/c1-19-16(18)13-8-9-14(17)15-11-5-3-2-4-10(11)6-7-12(13)15/h2-9H,1H3. The van der Waals surface area contributed by atoms with Gasteiger partial charge in [-0.1, -0.05) is 36.4 Å². The van der Waals surface area contributed by atoms with Crippen LogP contribution < -0.4 is 0 Å². The first-order valence-electron chi connectivity index (χ1n) is 5.90. The molecule has 0 bridgehead atoms. The summed E-state index contributed by atoms with van der Waals surface area (Å²) >= 11 is 0. The Hall–Kier alpha value is -2.42. The normalized spacial score (nSPS) is 10.8. The Labute approximate surface area is 109 Å². The Balaban J connectivity index is 2.50. The van der Waals surface area contributed by atoms with E-state index in [1.807, 2.05) is 30.3 Å². The molecule has 0 unspecified atom stereocenters. The van der Waals surface area contributed by atoms with Gasteiger partial charge >= 0.3 is 5.97 Å². The summed E-state index contributed by atoms with van der Waals surface area (Å²) in [6, 6.07) is 13.9. The van der Waals surface area contributed by atoms with Gasteiger partial charge < -0.3 is 4.74 Å². The van der Waals surface area contributed by atoms with Gasteiger partial charge in [0.1, 0.15) is 5.82 Å². The number of benzene rings is 3. The molecule has 0 heterocycles. The molecule has 0 atom stereocenters. The molecule has 3 aromatic carbocycles. The fourth-order valence-electron chi connectivity index (χ4n) is 2.37. The second-order valence-corrected chi connectivity index (χ2v) is 4.30. The minimum absolute atomic E-state index is 0.334. The Morgan fingerprint density at radius 1 is 1.00 bits per heavy atom. The van der Waals surface area contributed by atoms with Crippen molar-refractivity contribution < 1.29 is 13.9 Å². The quantitative estimate of drug-likeness (QED) is 0.486. The molecule has 94 valence electrons. The molecule has 0 aromatic heterocycles. The molecule has 0 N–H and O–H groups in total. The third-order valence-corrected chi connectivity index (χ3v) is 3.26. The van der Waals surface area contributed by atoms with Gasteiger partial charge in [0.15, 0.2) is 0 Å². The highest BCUT2D eigenvalue weighted by atomic mass is 19.1. The molecule has 0 saturated carbocycles. The van der Waals surface area contributed by atoms with Crippen molar-refractivity contribution in [3.05, 3.63) is 59.9 Å². The highest BCUT2D eigenvalue weighted by Crippen LogP contribution is 2.30. The zero-order valence-electron chi connectivity index (χ0n) is 10.3. The average Bonchev–Trinajstić information content (AvgIpc) is 2.46. The first kappa shape index (κ1) is 11.7. The molecule has 0 spiro atoms. The topological polar surface area (TPSA) is 26.3 Å². The van der Waals surface area contributed by atoms with E-state index in [9.17, 15) is 9.18 Å². The van der Waals surface area contributed by atoms with Crippen molar-refractivity contribution in [3.63, 3.8) is 0 Å². The van der Waals surface area contributed by atoms with Crippen molar-refractivity contribution in [3.8, 4) is 0 Å². The van der Waals surface area contributed by atoms with Crippen molar-refractivity contribution >= 4 is 27.5 Å². The number of ether oxygens (including phenoxy) is 1. The van der Waals surface area contributed by atoms with Gasteiger partial charge in [-0.2, -0.15) is 0 Å². The summed E-state index contributed by atoms with van der Waals surface area (Å²) in [5.74, 6) is -0.792. The van der Waals surface area contributed by atoms with Crippen molar-refractivity contribution in [2.45, 2.75) is 0 Å². The molecule has 0 amide bonds. The molecule has 3 aromatic rings. The summed E-state index contributed by atoms with van der Waals surface area (Å²) < 4.78 is 18.8. The average molecular weight is 254 g/mol. The Bertz CT molecular complexity index is 793. The second kappa shape index (κ2) is 4.35. The fraction of sp³-hybridized carbons (Fsp3) is 0.0625. The van der Waals surface area contributed by atoms with E-state index >= 15 is 0 Å². The number of esters is 1. The molecular weight excluding hydrogens is 243 g/mol. The lowest BCUT2D eigenvalue weighted by Gasteiger charge is -2.08. The van der Waals surface area contributed by atoms with Crippen molar-refractivity contribution in [1.29, 1.82) is 0 Å². The summed E-state index contributed by atoms with van der Waals surface area (Å²) in [5.41, 5.74) is 0.379. The SMILES string of the molecule is COC(=O)c1ccc(F)c2c1ccc1ccccc12. The Morgan fingerprint density at radius 2 is 1.79 bits per heavy atom. The fourth-order valence-corrected chi connectivity index (χ4v) is 2.37. The molecule has 0 aliphatic carbocycles. The van der Waals surface area contributed by atoms with Crippen LogP contribution in [-0.2, 0) is 4.74 Å². The molecular formula is C16H11FO2. The maximum atomic E-state index is 14.1. The highest BCUT2D eigenvalue weighted by molar-refractivity contribution is 6.14. The predicted molar refractivity (Wildman–Crippen MR) is 72.8 cm³/mol. The monoisotopic (exact) mass is 254 g/mol. The number of carbonyl (C=O) groups is 1. The molecule has 0 aliphatic rings. The van der Waals surface area contributed by atoms with Crippen LogP contribution >= 0.6 is 0 Å². The van der Waals surface area contributed by atoms with Crippen LogP contribution in [0.5, 0.6) is 0 Å². The summed E-state index contributed by atoms with van der Waals surface area (Å²) in [6.45, 7) is 0. The van der Waals surface area contributed by atoms with E-state index in [1.165, 1.54) is 19.2 Å². The van der Waals surface area contributed by atoms with E-state index in [1.54, 1.807) is 6.07 Å². The molecule has 0 aliphatic heterocycles. The number of hydrogen-bond donors (Lipinski definition) is 0. The zero-order chi connectivity index (χ0) is 13.4. The molecule has 3 rings (SSSR count). The molecule has 3 heteroatoms. The van der Waals surface area contributed by atoms with Crippen LogP contribution in [0.3, 0.4) is 0 Å². The first-order valence-corrected chi connectivity index (χ1v) is 5.90. The van der Waals surface area contributed by atoms with Gasteiger partial charge in [0.05, 0.1) is 12.7 Å². The van der Waals surface area contributed by atoms with E-state index in [-0.39, 0.29) is 5.82 Å². The summed E-state index contributed by atoms with van der Waals surface area (Å²) in [5, 5.41) is 2.77. The molecule has 0 saturated heterocycles. The van der Waals surface area contributed by atoms with Crippen LogP contribution in [0.25, 0.3) is 21.5 Å². The van der Waals surface area contributed by atoms with Crippen molar-refractivity contribution in [1.82, 2.24) is 0 Å². The predicted octanol–water partition coefficient (Wildman–Crippen LogP) is 3.92. The largest absolute Gasteiger partial charge is 0.465 e. The molecule has 19 heavy (non-hydrogen) atoms. The number of methoxy groups -OCH3 is 1. The zero-order valence-corrected chi connectivity index (χ0v) is 10.3. The van der Waals surface area contributed by atoms with Crippen LogP contribution in [-0.4, -0.2) is 13.1 Å². The van der Waals surface area contributed by atoms with Crippen LogP contribution in [0.1, 0.15) is 10.4 Å². The lowest BCUT2D eigenvalue weighted by Crippen LogP contribution is -2.02. The summed E-state index contributed by atoms with van der Waals surface area (Å²) in [4.78, 5) is 11.7. The van der Waals surface area contributed by atoms with E-state index in [4.69, 9.17) is 4.74 Å². The minimum Gasteiger partial charge on any atom is -0.465 e. The molecule has 0 fully saturated rings. The number of hydrogen-bond acceptors (Lipinski definition) is 2. The summed E-state index contributed by atoms with van der Waals surface area (Å²) in [7, 11) is 1.32. The smallest absolute Gasteiger partial charge is 0.338 e. The van der Waals surface area contributed by atoms with Crippen molar-refractivity contribution in [2.24, 2.45) is 0 Å². The van der Waals surface area contributed by atoms with Gasteiger partial charge in [-0.3, -0.25) is 0 Å². The number of halogens is 1. The third kappa shape index (κ3) is 1.74. The van der Waals surface area contributed by atoms with Gasteiger partial charge in [0.2, 0.25) is 0 Å². The minimum atomic E-state index is -0.458. The third-order valence-electron chi connectivity index (χ3n) is 3.26. The van der Waals surface area contributed by atoms with Crippen LogP contribution in [0.2, 0.25) is 0 Å². The molecule has 2 nitrogen and oxygen atoms in total. The number of fused-ring (bicyclic) bond motifs is 3. The van der Waals surface area contributed by atoms with Gasteiger partial charge in [-0.15, -0.1) is 0 Å². The van der Waals surface area contributed by atoms with E-state index in [2.05, 4.69) is 0 Å². The van der Waals surface area contributed by atoms with E-state index in [0.29, 0.717) is 16.3 Å². The number of rotatable bonds is 1. The second-order valence-electron chi connectivity index (χ2n) is 4.30. The lowest BCUT2D eigenvalue weighted by atomic mass is 9.98. The Morgan fingerprint density at radius 3 is 2.58 bits per heavy atom. The van der Waals surface area contributed by atoms with Crippen LogP contribution in [0, 0.1) is 5.82 Å². The lowest BCUT2D eigenvalue weighted by molar-refractivity contribution is 0.0603. The Kier molecular flexibility index (Phi) is 2.67. The van der Waals surface area contributed by atoms with E-state index < -0.39 is 5.97 Å². The van der Waals surface area contributed by atoms with Gasteiger partial charge in [0, 0.05) is 5.39 Å². The molecule has 0 radical (unpaired) electrons. The van der Waals surface area contributed by atoms with Gasteiger partial charge in [-0.25, -0.2) is 9.18 Å². The van der Waals surface area contributed by atoms with Crippen LogP contribution in [0.4, 0.5) is 4.39 Å². The van der Waals surface area contributed by atoms with E-state index in [0.717, 1.165) is 10.8 Å². The first-order chi connectivity index (χ1) is 9.22.